The molecule has 0 radical (unpaired) electrons. The minimum Gasteiger partial charge on any atom is -0.493 e. The van der Waals surface area contributed by atoms with Crippen LogP contribution in [0.3, 0.4) is 0 Å². The molecule has 24 heavy (non-hydrogen) atoms. The molecule has 2 N–H and O–H groups in total. The molecule has 0 saturated heterocycles. The average Bonchev–Trinajstić information content (AvgIpc) is 2.57. The van der Waals surface area contributed by atoms with Crippen molar-refractivity contribution in [2.75, 3.05) is 40.0 Å². The molecule has 0 aliphatic rings. The molecule has 0 heterocycles. The van der Waals surface area contributed by atoms with Gasteiger partial charge in [-0.25, -0.2) is 4.99 Å². The Bertz CT molecular complexity index is 484. The number of guanidine groups is 1. The highest BCUT2D eigenvalue weighted by molar-refractivity contribution is 14.0. The zero-order chi connectivity index (χ0) is 16.9. The van der Waals surface area contributed by atoms with Gasteiger partial charge in [0.1, 0.15) is 0 Å². The fourth-order valence-electron chi connectivity index (χ4n) is 1.99. The number of halogens is 1. The molecule has 6 nitrogen and oxygen atoms in total. The van der Waals surface area contributed by atoms with Crippen molar-refractivity contribution < 1.29 is 14.2 Å². The van der Waals surface area contributed by atoms with Gasteiger partial charge in [-0.05, 0) is 38.5 Å². The van der Waals surface area contributed by atoms with Crippen molar-refractivity contribution in [2.45, 2.75) is 27.3 Å². The fourth-order valence-corrected chi connectivity index (χ4v) is 1.99. The molecule has 0 fully saturated rings. The van der Waals surface area contributed by atoms with Crippen molar-refractivity contribution in [1.82, 2.24) is 10.6 Å². The van der Waals surface area contributed by atoms with E-state index in [9.17, 15) is 0 Å². The Morgan fingerprint density at radius 3 is 2.50 bits per heavy atom. The first-order chi connectivity index (χ1) is 11.2. The number of benzene rings is 1. The van der Waals surface area contributed by atoms with Gasteiger partial charge in [0, 0.05) is 19.7 Å². The van der Waals surface area contributed by atoms with Crippen molar-refractivity contribution in [3.63, 3.8) is 0 Å². The van der Waals surface area contributed by atoms with E-state index in [0.29, 0.717) is 19.8 Å². The SMILES string of the molecule is CCNC(=NCc1ccc(OC)c(OCC)c1)NCCOCC.I. The highest BCUT2D eigenvalue weighted by atomic mass is 127. The number of nitrogens with one attached hydrogen (secondary N) is 2. The van der Waals surface area contributed by atoms with Crippen LogP contribution in [0.4, 0.5) is 0 Å². The van der Waals surface area contributed by atoms with Gasteiger partial charge in [0.05, 0.1) is 26.9 Å². The maximum absolute atomic E-state index is 5.59. The lowest BCUT2D eigenvalue weighted by Gasteiger charge is -2.12. The second kappa shape index (κ2) is 14.2. The Morgan fingerprint density at radius 2 is 1.88 bits per heavy atom. The lowest BCUT2D eigenvalue weighted by atomic mass is 10.2. The van der Waals surface area contributed by atoms with Gasteiger partial charge >= 0.3 is 0 Å². The number of nitrogens with zero attached hydrogens (tertiary/aromatic N) is 1. The minimum absolute atomic E-state index is 0. The summed E-state index contributed by atoms with van der Waals surface area (Å²) in [6.07, 6.45) is 0. The van der Waals surface area contributed by atoms with Crippen molar-refractivity contribution >= 4 is 29.9 Å². The molecule has 0 spiro atoms. The van der Waals surface area contributed by atoms with Crippen LogP contribution in [0.2, 0.25) is 0 Å². The van der Waals surface area contributed by atoms with Crippen LogP contribution in [0.15, 0.2) is 23.2 Å². The summed E-state index contributed by atoms with van der Waals surface area (Å²) in [5.41, 5.74) is 1.07. The Hall–Kier alpha value is -1.22. The summed E-state index contributed by atoms with van der Waals surface area (Å²) in [5, 5.41) is 6.47. The molecule has 138 valence electrons. The van der Waals surface area contributed by atoms with Crippen LogP contribution >= 0.6 is 24.0 Å². The van der Waals surface area contributed by atoms with Crippen molar-refractivity contribution in [3.05, 3.63) is 23.8 Å². The van der Waals surface area contributed by atoms with Crippen molar-refractivity contribution in [2.24, 2.45) is 4.99 Å². The van der Waals surface area contributed by atoms with Crippen molar-refractivity contribution in [3.8, 4) is 11.5 Å². The second-order valence-electron chi connectivity index (χ2n) is 4.74. The van der Waals surface area contributed by atoms with Crippen LogP contribution in [0.25, 0.3) is 0 Å². The summed E-state index contributed by atoms with van der Waals surface area (Å²) in [4.78, 5) is 4.58. The maximum atomic E-state index is 5.59. The first-order valence-corrected chi connectivity index (χ1v) is 8.14. The number of methoxy groups -OCH3 is 1. The van der Waals surface area contributed by atoms with E-state index in [-0.39, 0.29) is 24.0 Å². The summed E-state index contributed by atoms with van der Waals surface area (Å²) < 4.78 is 16.2. The normalized spacial score (nSPS) is 10.8. The Labute approximate surface area is 162 Å². The van der Waals surface area contributed by atoms with Crippen LogP contribution in [0.1, 0.15) is 26.3 Å². The van der Waals surface area contributed by atoms with E-state index in [2.05, 4.69) is 15.6 Å². The van der Waals surface area contributed by atoms with Gasteiger partial charge < -0.3 is 24.8 Å². The molecule has 0 unspecified atom stereocenters. The third-order valence-corrected chi connectivity index (χ3v) is 3.03. The van der Waals surface area contributed by atoms with E-state index in [0.717, 1.165) is 42.7 Å². The molecule has 0 aliphatic heterocycles. The van der Waals surface area contributed by atoms with E-state index in [1.807, 2.05) is 39.0 Å². The fraction of sp³-hybridized carbons (Fsp3) is 0.588. The van der Waals surface area contributed by atoms with Crippen LogP contribution < -0.4 is 20.1 Å². The third-order valence-electron chi connectivity index (χ3n) is 3.03. The van der Waals surface area contributed by atoms with E-state index in [1.54, 1.807) is 7.11 Å². The van der Waals surface area contributed by atoms with E-state index in [4.69, 9.17) is 14.2 Å². The highest BCUT2D eigenvalue weighted by Gasteiger charge is 2.05. The summed E-state index contributed by atoms with van der Waals surface area (Å²) in [7, 11) is 1.64. The Kier molecular flexibility index (Phi) is 13.4. The van der Waals surface area contributed by atoms with Crippen LogP contribution in [0, 0.1) is 0 Å². The van der Waals surface area contributed by atoms with Gasteiger partial charge in [0.15, 0.2) is 17.5 Å². The predicted molar refractivity (Wildman–Crippen MR) is 109 cm³/mol. The van der Waals surface area contributed by atoms with Gasteiger partial charge in [-0.2, -0.15) is 0 Å². The lowest BCUT2D eigenvalue weighted by molar-refractivity contribution is 0.152. The monoisotopic (exact) mass is 451 g/mol. The largest absolute Gasteiger partial charge is 0.493 e. The summed E-state index contributed by atoms with van der Waals surface area (Å²) in [5.74, 6) is 2.26. The molecule has 1 aromatic carbocycles. The van der Waals surface area contributed by atoms with Crippen LogP contribution in [0.5, 0.6) is 11.5 Å². The zero-order valence-corrected chi connectivity index (χ0v) is 17.4. The molecule has 0 aromatic heterocycles. The molecule has 0 bridgehead atoms. The topological polar surface area (TPSA) is 64.1 Å². The molecule has 0 saturated carbocycles. The molecule has 1 rings (SSSR count). The molecular formula is C17H30IN3O3. The van der Waals surface area contributed by atoms with Gasteiger partial charge in [0.25, 0.3) is 0 Å². The lowest BCUT2D eigenvalue weighted by Crippen LogP contribution is -2.39. The quantitative estimate of drug-likeness (QED) is 0.248. The molecule has 7 heteroatoms. The van der Waals surface area contributed by atoms with Crippen molar-refractivity contribution in [1.29, 1.82) is 0 Å². The number of hydrogen-bond acceptors (Lipinski definition) is 4. The summed E-state index contributed by atoms with van der Waals surface area (Å²) in [6.45, 7) is 10.1. The first kappa shape index (κ1) is 22.8. The molecular weight excluding hydrogens is 421 g/mol. The Balaban J connectivity index is 0.00000529. The molecule has 1 aromatic rings. The average molecular weight is 451 g/mol. The summed E-state index contributed by atoms with van der Waals surface area (Å²) >= 11 is 0. The van der Waals surface area contributed by atoms with Gasteiger partial charge in [-0.15, -0.1) is 24.0 Å². The standard InChI is InChI=1S/C17H29N3O3.HI/c1-5-18-17(19-10-11-22-6-2)20-13-14-8-9-15(21-4)16(12-14)23-7-3;/h8-9,12H,5-7,10-11,13H2,1-4H3,(H2,18,19,20);1H. The Morgan fingerprint density at radius 1 is 1.08 bits per heavy atom. The van der Waals surface area contributed by atoms with Crippen LogP contribution in [-0.4, -0.2) is 46.0 Å². The number of ether oxygens (including phenoxy) is 3. The van der Waals surface area contributed by atoms with Gasteiger partial charge in [0.2, 0.25) is 0 Å². The number of rotatable bonds is 10. The van der Waals surface area contributed by atoms with Gasteiger partial charge in [-0.3, -0.25) is 0 Å². The zero-order valence-electron chi connectivity index (χ0n) is 15.1. The second-order valence-corrected chi connectivity index (χ2v) is 4.74. The number of aliphatic imine (C=N–C) groups is 1. The maximum Gasteiger partial charge on any atom is 0.191 e. The molecule has 0 amide bonds. The molecule has 0 aliphatic carbocycles. The number of hydrogen-bond donors (Lipinski definition) is 2. The molecule has 0 atom stereocenters. The highest BCUT2D eigenvalue weighted by Crippen LogP contribution is 2.28. The third kappa shape index (κ3) is 8.58. The first-order valence-electron chi connectivity index (χ1n) is 8.14. The minimum atomic E-state index is 0. The van der Waals surface area contributed by atoms with Gasteiger partial charge in [-0.1, -0.05) is 6.07 Å². The smallest absolute Gasteiger partial charge is 0.191 e. The predicted octanol–water partition coefficient (Wildman–Crippen LogP) is 2.80. The van der Waals surface area contributed by atoms with E-state index < -0.39 is 0 Å². The van der Waals surface area contributed by atoms with E-state index in [1.165, 1.54) is 0 Å². The summed E-state index contributed by atoms with van der Waals surface area (Å²) in [6, 6.07) is 5.87. The van der Waals surface area contributed by atoms with Crippen LogP contribution in [-0.2, 0) is 11.3 Å². The van der Waals surface area contributed by atoms with E-state index >= 15 is 0 Å².